The van der Waals surface area contributed by atoms with Crippen molar-refractivity contribution in [2.24, 2.45) is 0 Å². The van der Waals surface area contributed by atoms with Crippen LogP contribution in [0.5, 0.6) is 5.88 Å². The summed E-state index contributed by atoms with van der Waals surface area (Å²) in [7, 11) is 1.62. The molecule has 0 spiro atoms. The zero-order chi connectivity index (χ0) is 14.2. The first-order chi connectivity index (χ1) is 9.83. The molecule has 0 fully saturated rings. The third-order valence-corrected chi connectivity index (χ3v) is 3.12. The van der Waals surface area contributed by atoms with Gasteiger partial charge in [-0.05, 0) is 18.5 Å². The summed E-state index contributed by atoms with van der Waals surface area (Å²) in [5.74, 6) is 1.40. The third kappa shape index (κ3) is 4.03. The van der Waals surface area contributed by atoms with Crippen LogP contribution in [0.4, 0.5) is 0 Å². The lowest BCUT2D eigenvalue weighted by Gasteiger charge is -2.18. The van der Waals surface area contributed by atoms with Crippen LogP contribution >= 0.6 is 0 Å². The Bertz CT molecular complexity index is 516. The monoisotopic (exact) mass is 271 g/mol. The molecule has 0 radical (unpaired) electrons. The van der Waals surface area contributed by atoms with E-state index in [2.05, 4.69) is 46.5 Å². The highest BCUT2D eigenvalue weighted by atomic mass is 16.5. The van der Waals surface area contributed by atoms with Crippen molar-refractivity contribution in [3.05, 3.63) is 54.0 Å². The molecular formula is C16H21N3O. The second-order valence-electron chi connectivity index (χ2n) is 4.64. The summed E-state index contributed by atoms with van der Waals surface area (Å²) in [4.78, 5) is 8.72. The Morgan fingerprint density at radius 3 is 2.70 bits per heavy atom. The number of nitrogens with zero attached hydrogens (tertiary/aromatic N) is 2. The molecule has 0 saturated heterocycles. The van der Waals surface area contributed by atoms with Crippen molar-refractivity contribution in [3.8, 4) is 5.88 Å². The van der Waals surface area contributed by atoms with E-state index in [1.807, 2.05) is 6.07 Å². The molecule has 0 saturated carbocycles. The third-order valence-electron chi connectivity index (χ3n) is 3.12. The Kier molecular flexibility index (Phi) is 5.50. The van der Waals surface area contributed by atoms with E-state index in [-0.39, 0.29) is 6.04 Å². The molecule has 1 aromatic carbocycles. The van der Waals surface area contributed by atoms with Crippen molar-refractivity contribution >= 4 is 0 Å². The molecule has 1 atom stereocenters. The summed E-state index contributed by atoms with van der Waals surface area (Å²) < 4.78 is 5.15. The molecule has 0 bridgehead atoms. The summed E-state index contributed by atoms with van der Waals surface area (Å²) in [6.45, 7) is 3.14. The fourth-order valence-corrected chi connectivity index (χ4v) is 2.09. The molecule has 0 aliphatic rings. The van der Waals surface area contributed by atoms with Gasteiger partial charge in [-0.3, -0.25) is 0 Å². The second-order valence-corrected chi connectivity index (χ2v) is 4.64. The van der Waals surface area contributed by atoms with Gasteiger partial charge < -0.3 is 10.1 Å². The molecule has 2 aromatic rings. The predicted molar refractivity (Wildman–Crippen MR) is 79.8 cm³/mol. The van der Waals surface area contributed by atoms with Crippen molar-refractivity contribution in [3.63, 3.8) is 0 Å². The molecule has 1 N–H and O–H groups in total. The first-order valence-electron chi connectivity index (χ1n) is 6.97. The highest BCUT2D eigenvalue weighted by Crippen LogP contribution is 2.17. The van der Waals surface area contributed by atoms with Crippen molar-refractivity contribution in [1.82, 2.24) is 15.3 Å². The van der Waals surface area contributed by atoms with Gasteiger partial charge in [-0.25, -0.2) is 4.98 Å². The first-order valence-corrected chi connectivity index (χ1v) is 6.97. The van der Waals surface area contributed by atoms with E-state index >= 15 is 0 Å². The largest absolute Gasteiger partial charge is 0.481 e. The number of rotatable bonds is 7. The van der Waals surface area contributed by atoms with Crippen molar-refractivity contribution in [2.45, 2.75) is 25.8 Å². The molecule has 0 aliphatic carbocycles. The van der Waals surface area contributed by atoms with Crippen molar-refractivity contribution < 1.29 is 4.74 Å². The zero-order valence-electron chi connectivity index (χ0n) is 12.0. The van der Waals surface area contributed by atoms with Crippen molar-refractivity contribution in [2.75, 3.05) is 13.7 Å². The van der Waals surface area contributed by atoms with Crippen molar-refractivity contribution in [1.29, 1.82) is 0 Å². The second kappa shape index (κ2) is 7.60. The summed E-state index contributed by atoms with van der Waals surface area (Å²) in [6, 6.07) is 12.4. The topological polar surface area (TPSA) is 47.0 Å². The van der Waals surface area contributed by atoms with E-state index in [1.54, 1.807) is 19.4 Å². The lowest BCUT2D eigenvalue weighted by molar-refractivity contribution is 0.393. The highest BCUT2D eigenvalue weighted by molar-refractivity contribution is 5.20. The standard InChI is InChI=1S/C16H21N3O/c1-3-10-17-14(13-7-5-4-6-8-13)12-15-18-11-9-16(19-15)20-2/h4-9,11,14,17H,3,10,12H2,1-2H3. The molecule has 4 heteroatoms. The maximum Gasteiger partial charge on any atom is 0.216 e. The lowest BCUT2D eigenvalue weighted by Crippen LogP contribution is -2.24. The Labute approximate surface area is 120 Å². The number of methoxy groups -OCH3 is 1. The summed E-state index contributed by atoms with van der Waals surface area (Å²) in [5.41, 5.74) is 1.26. The molecule has 4 nitrogen and oxygen atoms in total. The number of aromatic nitrogens is 2. The average molecular weight is 271 g/mol. The fourth-order valence-electron chi connectivity index (χ4n) is 2.09. The van der Waals surface area contributed by atoms with E-state index in [9.17, 15) is 0 Å². The number of nitrogens with one attached hydrogen (secondary N) is 1. The predicted octanol–water partition coefficient (Wildman–Crippen LogP) is 2.77. The summed E-state index contributed by atoms with van der Waals surface area (Å²) in [5, 5.41) is 3.55. The Morgan fingerprint density at radius 1 is 1.20 bits per heavy atom. The Balaban J connectivity index is 2.14. The zero-order valence-corrected chi connectivity index (χ0v) is 12.0. The van der Waals surface area contributed by atoms with Gasteiger partial charge in [0.2, 0.25) is 5.88 Å². The van der Waals surface area contributed by atoms with Crippen LogP contribution < -0.4 is 10.1 Å². The van der Waals surface area contributed by atoms with Crippen LogP contribution in [0.1, 0.15) is 30.8 Å². The molecule has 20 heavy (non-hydrogen) atoms. The van der Waals surface area contributed by atoms with Gasteiger partial charge in [-0.2, -0.15) is 4.98 Å². The van der Waals surface area contributed by atoms with Gasteiger partial charge >= 0.3 is 0 Å². The molecule has 2 rings (SSSR count). The van der Waals surface area contributed by atoms with E-state index < -0.39 is 0 Å². The first kappa shape index (κ1) is 14.5. The number of hydrogen-bond donors (Lipinski definition) is 1. The van der Waals surface area contributed by atoms with Gasteiger partial charge in [-0.15, -0.1) is 0 Å². The maximum atomic E-state index is 5.15. The minimum Gasteiger partial charge on any atom is -0.481 e. The minimum atomic E-state index is 0.225. The number of ether oxygens (including phenoxy) is 1. The molecule has 106 valence electrons. The van der Waals surface area contributed by atoms with Gasteiger partial charge in [0.15, 0.2) is 0 Å². The lowest BCUT2D eigenvalue weighted by atomic mass is 10.0. The van der Waals surface area contributed by atoms with Crippen LogP contribution in [-0.2, 0) is 6.42 Å². The van der Waals surface area contributed by atoms with Crippen LogP contribution in [0.25, 0.3) is 0 Å². The van der Waals surface area contributed by atoms with Gasteiger partial charge in [0, 0.05) is 24.7 Å². The molecule has 1 heterocycles. The molecule has 1 aromatic heterocycles. The quantitative estimate of drug-likeness (QED) is 0.841. The Hall–Kier alpha value is -1.94. The highest BCUT2D eigenvalue weighted by Gasteiger charge is 2.13. The minimum absolute atomic E-state index is 0.225. The van der Waals surface area contributed by atoms with Crippen LogP contribution in [0.2, 0.25) is 0 Å². The van der Waals surface area contributed by atoms with E-state index in [0.717, 1.165) is 25.2 Å². The van der Waals surface area contributed by atoms with Gasteiger partial charge in [0.1, 0.15) is 5.82 Å². The van der Waals surface area contributed by atoms with Crippen LogP contribution in [0, 0.1) is 0 Å². The van der Waals surface area contributed by atoms with E-state index in [0.29, 0.717) is 5.88 Å². The molecular weight excluding hydrogens is 250 g/mol. The maximum absolute atomic E-state index is 5.15. The average Bonchev–Trinajstić information content (AvgIpc) is 2.52. The van der Waals surface area contributed by atoms with E-state index in [4.69, 9.17) is 4.74 Å². The van der Waals surface area contributed by atoms with Gasteiger partial charge in [0.05, 0.1) is 7.11 Å². The SMILES string of the molecule is CCCNC(Cc1nccc(OC)n1)c1ccccc1. The van der Waals surface area contributed by atoms with Gasteiger partial charge in [0.25, 0.3) is 0 Å². The van der Waals surface area contributed by atoms with Crippen LogP contribution in [0.15, 0.2) is 42.6 Å². The summed E-state index contributed by atoms with van der Waals surface area (Å²) >= 11 is 0. The fraction of sp³-hybridized carbons (Fsp3) is 0.375. The normalized spacial score (nSPS) is 12.1. The Morgan fingerprint density at radius 2 is 2.00 bits per heavy atom. The molecule has 0 aliphatic heterocycles. The summed E-state index contributed by atoms with van der Waals surface area (Å²) in [6.07, 6.45) is 3.59. The number of hydrogen-bond acceptors (Lipinski definition) is 4. The van der Waals surface area contributed by atoms with Crippen LogP contribution in [-0.4, -0.2) is 23.6 Å². The van der Waals surface area contributed by atoms with Gasteiger partial charge in [-0.1, -0.05) is 37.3 Å². The smallest absolute Gasteiger partial charge is 0.216 e. The number of benzene rings is 1. The van der Waals surface area contributed by atoms with Crippen LogP contribution in [0.3, 0.4) is 0 Å². The van der Waals surface area contributed by atoms with E-state index in [1.165, 1.54) is 5.56 Å². The molecule has 0 amide bonds. The molecule has 1 unspecified atom stereocenters.